The summed E-state index contributed by atoms with van der Waals surface area (Å²) in [5.74, 6) is 0.460. The first-order valence-corrected chi connectivity index (χ1v) is 9.01. The van der Waals surface area contributed by atoms with Crippen LogP contribution in [0.2, 0.25) is 5.02 Å². The summed E-state index contributed by atoms with van der Waals surface area (Å²) in [4.78, 5) is 12.0. The van der Waals surface area contributed by atoms with Crippen LogP contribution in [-0.4, -0.2) is 24.2 Å². The van der Waals surface area contributed by atoms with Gasteiger partial charge in [-0.05, 0) is 54.0 Å². The Morgan fingerprint density at radius 2 is 1.84 bits per heavy atom. The number of aliphatic hydroxyl groups excluding tert-OH is 1. The molecule has 0 saturated heterocycles. The Morgan fingerprint density at radius 1 is 1.12 bits per heavy atom. The van der Waals surface area contributed by atoms with Crippen LogP contribution in [0.15, 0.2) is 48.5 Å². The monoisotopic (exact) mass is 358 g/mol. The fraction of sp³-hybridized carbons (Fsp3) is 0.350. The number of aliphatic hydroxyl groups is 1. The highest BCUT2D eigenvalue weighted by molar-refractivity contribution is 6.30. The van der Waals surface area contributed by atoms with Crippen molar-refractivity contribution in [3.05, 3.63) is 70.2 Å². The van der Waals surface area contributed by atoms with Gasteiger partial charge in [-0.25, -0.2) is 4.79 Å². The average molecular weight is 359 g/mol. The standard InChI is InChI=1S/C20H23ClN2O2/c21-18-9-7-16(8-10-18)19(24)13-23-20(25)22-12-14-5-6-15-3-1-2-4-17(15)11-14/h1-4,7-10,14,19,24H,5-6,11-13H2,(H2,22,23,25)/t14?,19-/m1/s1. The number of carbonyl (C=O) groups is 1. The number of halogens is 1. The number of hydrogen-bond acceptors (Lipinski definition) is 2. The zero-order chi connectivity index (χ0) is 17.6. The summed E-state index contributed by atoms with van der Waals surface area (Å²) in [5.41, 5.74) is 3.54. The van der Waals surface area contributed by atoms with Crippen LogP contribution in [0.5, 0.6) is 0 Å². The van der Waals surface area contributed by atoms with E-state index < -0.39 is 6.10 Å². The van der Waals surface area contributed by atoms with Crippen LogP contribution in [0, 0.1) is 5.92 Å². The molecule has 2 aromatic rings. The van der Waals surface area contributed by atoms with Gasteiger partial charge in [0, 0.05) is 18.1 Å². The molecular weight excluding hydrogens is 336 g/mol. The normalized spacial score (nSPS) is 17.4. The van der Waals surface area contributed by atoms with E-state index in [1.165, 1.54) is 11.1 Å². The Labute approximate surface area is 153 Å². The Balaban J connectivity index is 1.40. The maximum absolute atomic E-state index is 12.0. The quantitative estimate of drug-likeness (QED) is 0.766. The minimum absolute atomic E-state index is 0.168. The zero-order valence-electron chi connectivity index (χ0n) is 14.0. The predicted octanol–water partition coefficient (Wildman–Crippen LogP) is 3.48. The molecule has 2 amide bonds. The largest absolute Gasteiger partial charge is 0.387 e. The van der Waals surface area contributed by atoms with Gasteiger partial charge in [0.1, 0.15) is 0 Å². The van der Waals surface area contributed by atoms with Gasteiger partial charge in [-0.1, -0.05) is 48.0 Å². The topological polar surface area (TPSA) is 61.4 Å². The van der Waals surface area contributed by atoms with Crippen molar-refractivity contribution < 1.29 is 9.90 Å². The van der Waals surface area contributed by atoms with E-state index in [-0.39, 0.29) is 12.6 Å². The Morgan fingerprint density at radius 3 is 2.60 bits per heavy atom. The first-order chi connectivity index (χ1) is 12.1. The van der Waals surface area contributed by atoms with Gasteiger partial charge in [0.25, 0.3) is 0 Å². The number of urea groups is 1. The van der Waals surface area contributed by atoms with Crippen molar-refractivity contribution in [1.29, 1.82) is 0 Å². The van der Waals surface area contributed by atoms with E-state index in [1.807, 2.05) is 0 Å². The van der Waals surface area contributed by atoms with Crippen LogP contribution in [0.3, 0.4) is 0 Å². The molecule has 2 aromatic carbocycles. The van der Waals surface area contributed by atoms with E-state index in [0.29, 0.717) is 17.5 Å². The van der Waals surface area contributed by atoms with Crippen molar-refractivity contribution >= 4 is 17.6 Å². The van der Waals surface area contributed by atoms with E-state index in [4.69, 9.17) is 11.6 Å². The van der Waals surface area contributed by atoms with Crippen LogP contribution in [0.1, 0.15) is 29.2 Å². The summed E-state index contributed by atoms with van der Waals surface area (Å²) in [5, 5.41) is 16.4. The smallest absolute Gasteiger partial charge is 0.314 e. The van der Waals surface area contributed by atoms with Gasteiger partial charge < -0.3 is 15.7 Å². The number of fused-ring (bicyclic) bond motifs is 1. The zero-order valence-corrected chi connectivity index (χ0v) is 14.8. The fourth-order valence-corrected chi connectivity index (χ4v) is 3.37. The summed E-state index contributed by atoms with van der Waals surface area (Å²) in [6.45, 7) is 0.818. The van der Waals surface area contributed by atoms with E-state index >= 15 is 0 Å². The molecule has 0 spiro atoms. The second kappa shape index (κ2) is 8.37. The first kappa shape index (κ1) is 17.8. The highest BCUT2D eigenvalue weighted by Gasteiger charge is 2.18. The number of hydrogen-bond donors (Lipinski definition) is 3. The molecule has 0 fully saturated rings. The summed E-state index contributed by atoms with van der Waals surface area (Å²) in [7, 11) is 0. The molecule has 1 unspecified atom stereocenters. The van der Waals surface area contributed by atoms with Gasteiger partial charge in [0.05, 0.1) is 6.10 Å². The second-order valence-corrected chi connectivity index (χ2v) is 6.97. The number of carbonyl (C=O) groups excluding carboxylic acids is 1. The second-order valence-electron chi connectivity index (χ2n) is 6.54. The molecule has 1 aliphatic rings. The lowest BCUT2D eigenvalue weighted by Gasteiger charge is -2.24. The summed E-state index contributed by atoms with van der Waals surface area (Å²) < 4.78 is 0. The van der Waals surface area contributed by atoms with Gasteiger partial charge in [-0.3, -0.25) is 0 Å². The van der Waals surface area contributed by atoms with E-state index in [9.17, 15) is 9.90 Å². The number of rotatable bonds is 5. The third kappa shape index (κ3) is 4.97. The molecular formula is C20H23ClN2O2. The lowest BCUT2D eigenvalue weighted by molar-refractivity contribution is 0.173. The molecule has 0 bridgehead atoms. The van der Waals surface area contributed by atoms with Crippen LogP contribution in [0.25, 0.3) is 0 Å². The Hall–Kier alpha value is -2.04. The molecule has 2 atom stereocenters. The van der Waals surface area contributed by atoms with Crippen molar-refractivity contribution in [2.45, 2.75) is 25.4 Å². The average Bonchev–Trinajstić information content (AvgIpc) is 2.65. The van der Waals surface area contributed by atoms with Crippen molar-refractivity contribution in [3.8, 4) is 0 Å². The summed E-state index contributed by atoms with van der Waals surface area (Å²) >= 11 is 5.83. The maximum atomic E-state index is 12.0. The molecule has 25 heavy (non-hydrogen) atoms. The number of amides is 2. The van der Waals surface area contributed by atoms with Crippen molar-refractivity contribution in [1.82, 2.24) is 10.6 Å². The van der Waals surface area contributed by atoms with Crippen LogP contribution in [0.4, 0.5) is 4.79 Å². The molecule has 0 heterocycles. The molecule has 132 valence electrons. The van der Waals surface area contributed by atoms with Gasteiger partial charge in [-0.15, -0.1) is 0 Å². The summed E-state index contributed by atoms with van der Waals surface area (Å²) in [6, 6.07) is 15.2. The Kier molecular flexibility index (Phi) is 5.95. The molecule has 0 aliphatic heterocycles. The van der Waals surface area contributed by atoms with Crippen molar-refractivity contribution in [3.63, 3.8) is 0 Å². The number of aryl methyl sites for hydroxylation is 1. The molecule has 3 N–H and O–H groups in total. The molecule has 0 radical (unpaired) electrons. The van der Waals surface area contributed by atoms with E-state index in [1.54, 1.807) is 24.3 Å². The first-order valence-electron chi connectivity index (χ1n) is 8.64. The summed E-state index contributed by atoms with van der Waals surface area (Å²) in [6.07, 6.45) is 2.41. The molecule has 4 nitrogen and oxygen atoms in total. The highest BCUT2D eigenvalue weighted by Crippen LogP contribution is 2.24. The van der Waals surface area contributed by atoms with Crippen molar-refractivity contribution in [2.75, 3.05) is 13.1 Å². The van der Waals surface area contributed by atoms with Gasteiger partial charge >= 0.3 is 6.03 Å². The molecule has 0 saturated carbocycles. The molecule has 5 heteroatoms. The van der Waals surface area contributed by atoms with Gasteiger partial charge in [0.2, 0.25) is 0 Å². The molecule has 1 aliphatic carbocycles. The maximum Gasteiger partial charge on any atom is 0.314 e. The van der Waals surface area contributed by atoms with Crippen molar-refractivity contribution in [2.24, 2.45) is 5.92 Å². The minimum Gasteiger partial charge on any atom is -0.387 e. The third-order valence-corrected chi connectivity index (χ3v) is 4.96. The highest BCUT2D eigenvalue weighted by atomic mass is 35.5. The third-order valence-electron chi connectivity index (χ3n) is 4.71. The molecule has 3 rings (SSSR count). The minimum atomic E-state index is -0.746. The lowest BCUT2D eigenvalue weighted by atomic mass is 9.84. The van der Waals surface area contributed by atoms with Crippen LogP contribution >= 0.6 is 11.6 Å². The predicted molar refractivity (Wildman–Crippen MR) is 99.8 cm³/mol. The number of nitrogens with one attached hydrogen (secondary N) is 2. The van der Waals surface area contributed by atoms with Gasteiger partial charge in [0.15, 0.2) is 0 Å². The molecule has 0 aromatic heterocycles. The van der Waals surface area contributed by atoms with Crippen LogP contribution in [-0.2, 0) is 12.8 Å². The van der Waals surface area contributed by atoms with Crippen LogP contribution < -0.4 is 10.6 Å². The SMILES string of the molecule is O=C(NCC1CCc2ccccc2C1)NC[C@@H](O)c1ccc(Cl)cc1. The number of benzene rings is 2. The lowest BCUT2D eigenvalue weighted by Crippen LogP contribution is -2.40. The fourth-order valence-electron chi connectivity index (χ4n) is 3.24. The van der Waals surface area contributed by atoms with E-state index in [2.05, 4.69) is 34.9 Å². The van der Waals surface area contributed by atoms with Gasteiger partial charge in [-0.2, -0.15) is 0 Å². The van der Waals surface area contributed by atoms with E-state index in [0.717, 1.165) is 24.8 Å². The Bertz CT molecular complexity index is 718.